The summed E-state index contributed by atoms with van der Waals surface area (Å²) >= 11 is 0. The first-order chi connectivity index (χ1) is 40.2. The lowest BCUT2D eigenvalue weighted by molar-refractivity contribution is -0.150. The summed E-state index contributed by atoms with van der Waals surface area (Å²) in [7, 11) is 7.62. The number of benzene rings is 8. The Morgan fingerprint density at radius 1 is 0.417 bits per heavy atom. The molecule has 2 unspecified atom stereocenters. The molecule has 20 heteroatoms. The van der Waals surface area contributed by atoms with E-state index in [1.165, 1.54) is 52.0 Å². The van der Waals surface area contributed by atoms with Crippen molar-refractivity contribution in [3.8, 4) is 34.5 Å². The molecule has 0 radical (unpaired) electrons. The number of ether oxygens (including phenoxy) is 10. The average molecular weight is 1140 g/mol. The molecular formula is C64H50N2O18. The fourth-order valence-corrected chi connectivity index (χ4v) is 10.7. The lowest BCUT2D eigenvalue weighted by Crippen LogP contribution is -2.33. The van der Waals surface area contributed by atoms with Crippen LogP contribution in [0, 0.1) is 0 Å². The minimum atomic E-state index is -1.45. The maximum Gasteiger partial charge on any atom is 0.341 e. The van der Waals surface area contributed by atoms with Gasteiger partial charge in [-0.2, -0.15) is 0 Å². The van der Waals surface area contributed by atoms with Gasteiger partial charge in [0.1, 0.15) is 34.5 Å². The van der Waals surface area contributed by atoms with Gasteiger partial charge in [0.15, 0.2) is 11.2 Å². The largest absolute Gasteiger partial charge is 0.456 e. The van der Waals surface area contributed by atoms with Crippen LogP contribution in [0.1, 0.15) is 103 Å². The number of nitrogens with zero attached hydrogens (tertiary/aromatic N) is 2. The van der Waals surface area contributed by atoms with Crippen molar-refractivity contribution in [3.05, 3.63) is 189 Å². The van der Waals surface area contributed by atoms with Gasteiger partial charge in [0.05, 0.1) is 22.3 Å². The molecule has 8 aromatic rings. The SMILES string of the molecule is CC(=O)OCOC(=O)c1ccc2c(c1)C(=O)OC21c2ccc(N(C)C)cc2Oc2c1ccc1cc(OC(C)=O)ccc21.CC(=O)OCOC(=O)c1ccc2c(c1)C1(OC2=O)c2ccc(N(C)C)cc2Oc2c1ccc1cc(OC(C)=O)ccc21. The fraction of sp³-hybridized carbons (Fsp3) is 0.188. The Hall–Kier alpha value is -10.8. The third-order valence-corrected chi connectivity index (χ3v) is 14.4. The van der Waals surface area contributed by atoms with E-state index in [-0.39, 0.29) is 22.3 Å². The number of hydrogen-bond acceptors (Lipinski definition) is 20. The molecule has 424 valence electrons. The Balaban J connectivity index is 0.000000175. The van der Waals surface area contributed by atoms with E-state index in [1.807, 2.05) is 92.6 Å². The number of hydrogen-bond donors (Lipinski definition) is 0. The van der Waals surface area contributed by atoms with E-state index in [0.29, 0.717) is 73.3 Å². The van der Waals surface area contributed by atoms with Crippen LogP contribution in [0.5, 0.6) is 34.5 Å². The minimum Gasteiger partial charge on any atom is -0.456 e. The van der Waals surface area contributed by atoms with Crippen LogP contribution in [0.25, 0.3) is 21.5 Å². The molecule has 0 aromatic heterocycles. The predicted molar refractivity (Wildman–Crippen MR) is 300 cm³/mol. The van der Waals surface area contributed by atoms with Gasteiger partial charge in [0.2, 0.25) is 13.6 Å². The van der Waals surface area contributed by atoms with Gasteiger partial charge in [-0.1, -0.05) is 18.2 Å². The molecule has 0 fully saturated rings. The summed E-state index contributed by atoms with van der Waals surface area (Å²) < 4.78 is 55.7. The molecule has 2 spiro atoms. The Kier molecular flexibility index (Phi) is 14.0. The van der Waals surface area contributed by atoms with Gasteiger partial charge < -0.3 is 57.2 Å². The van der Waals surface area contributed by atoms with Crippen LogP contribution in [0.4, 0.5) is 11.4 Å². The second-order valence-corrected chi connectivity index (χ2v) is 20.2. The molecule has 0 saturated heterocycles. The summed E-state index contributed by atoms with van der Waals surface area (Å²) in [4.78, 5) is 101. The van der Waals surface area contributed by atoms with Crippen molar-refractivity contribution in [1.29, 1.82) is 0 Å². The first-order valence-electron chi connectivity index (χ1n) is 26.0. The summed E-state index contributed by atoms with van der Waals surface area (Å²) in [6.07, 6.45) is 0. The summed E-state index contributed by atoms with van der Waals surface area (Å²) in [6, 6.07) is 38.1. The third kappa shape index (κ3) is 9.61. The highest BCUT2D eigenvalue weighted by Gasteiger charge is 2.56. The zero-order valence-electron chi connectivity index (χ0n) is 46.4. The molecule has 20 nitrogen and oxygen atoms in total. The number of carbonyl (C=O) groups excluding carboxylic acids is 8. The highest BCUT2D eigenvalue weighted by molar-refractivity contribution is 6.03. The Bertz CT molecular complexity index is 4190. The topological polar surface area (TPSA) is 235 Å². The number of rotatable bonds is 10. The second-order valence-electron chi connectivity index (χ2n) is 20.2. The van der Waals surface area contributed by atoms with Crippen LogP contribution in [0.15, 0.2) is 133 Å². The van der Waals surface area contributed by atoms with E-state index >= 15 is 0 Å². The Morgan fingerprint density at radius 2 is 0.845 bits per heavy atom. The standard InChI is InChI=1S/2C32H25NO9/c1-17(34)38-16-39-30(36)20-6-10-25-24(14-20)31(37)42-32(25)26-12-7-21(33(3)4)15-28(26)41-29-23-9-8-22(40-18(2)35)13-19(23)5-11-27(29)32;1-17(34)38-16-39-30(36)20-5-9-24-27(14-20)32(42-31(24)37)25-12-7-21(33(3)4)15-28(25)41-29-23-10-8-22(40-18(2)35)13-19(23)6-11-26(29)32/h2*5-15H,16H2,1-4H3. The molecule has 2 atom stereocenters. The van der Waals surface area contributed by atoms with E-state index in [1.54, 1.807) is 54.6 Å². The maximum atomic E-state index is 13.5. The van der Waals surface area contributed by atoms with E-state index in [9.17, 15) is 38.4 Å². The van der Waals surface area contributed by atoms with Gasteiger partial charge >= 0.3 is 47.8 Å². The van der Waals surface area contributed by atoms with Crippen LogP contribution < -0.4 is 28.7 Å². The van der Waals surface area contributed by atoms with Crippen molar-refractivity contribution in [1.82, 2.24) is 0 Å². The monoisotopic (exact) mass is 1130 g/mol. The molecule has 0 bridgehead atoms. The molecule has 4 aliphatic rings. The van der Waals surface area contributed by atoms with Gasteiger partial charge in [0, 0.05) is 124 Å². The molecular weight excluding hydrogens is 1080 g/mol. The molecule has 12 rings (SSSR count). The molecule has 0 N–H and O–H groups in total. The molecule has 0 aliphatic carbocycles. The van der Waals surface area contributed by atoms with Crippen LogP contribution in [0.3, 0.4) is 0 Å². The molecule has 0 saturated carbocycles. The average Bonchev–Trinajstić information content (AvgIpc) is 1.44. The van der Waals surface area contributed by atoms with Gasteiger partial charge in [0.25, 0.3) is 0 Å². The predicted octanol–water partition coefficient (Wildman–Crippen LogP) is 10.2. The zero-order chi connectivity index (χ0) is 59.5. The quantitative estimate of drug-likeness (QED) is 0.0536. The van der Waals surface area contributed by atoms with E-state index in [0.717, 1.165) is 27.5 Å². The summed E-state index contributed by atoms with van der Waals surface area (Å²) in [5.74, 6) is -2.07. The highest BCUT2D eigenvalue weighted by atomic mass is 16.7. The molecule has 84 heavy (non-hydrogen) atoms. The van der Waals surface area contributed by atoms with E-state index in [4.69, 9.17) is 42.6 Å². The number of carbonyl (C=O) groups is 8. The lowest BCUT2D eigenvalue weighted by Gasteiger charge is -2.37. The van der Waals surface area contributed by atoms with Crippen LogP contribution in [0.2, 0.25) is 0 Å². The molecule has 8 aromatic carbocycles. The van der Waals surface area contributed by atoms with Crippen molar-refractivity contribution >= 4 is 80.7 Å². The Morgan fingerprint density at radius 3 is 1.31 bits per heavy atom. The fourth-order valence-electron chi connectivity index (χ4n) is 10.7. The van der Waals surface area contributed by atoms with E-state index < -0.39 is 72.5 Å². The van der Waals surface area contributed by atoms with Crippen LogP contribution >= 0.6 is 0 Å². The smallest absolute Gasteiger partial charge is 0.341 e. The molecule has 4 aliphatic heterocycles. The number of anilines is 2. The zero-order valence-corrected chi connectivity index (χ0v) is 46.4. The van der Waals surface area contributed by atoms with Crippen molar-refractivity contribution < 1.29 is 85.7 Å². The summed E-state index contributed by atoms with van der Waals surface area (Å²) in [5, 5.41) is 2.91. The third-order valence-electron chi connectivity index (χ3n) is 14.4. The summed E-state index contributed by atoms with van der Waals surface area (Å²) in [6.45, 7) is 3.98. The normalized spacial score (nSPS) is 16.0. The van der Waals surface area contributed by atoms with Gasteiger partial charge in [-0.25, -0.2) is 19.2 Å². The van der Waals surface area contributed by atoms with Crippen molar-refractivity contribution in [3.63, 3.8) is 0 Å². The lowest BCUT2D eigenvalue weighted by atomic mass is 9.76. The summed E-state index contributed by atoms with van der Waals surface area (Å²) in [5.41, 5.74) is 2.95. The van der Waals surface area contributed by atoms with Crippen LogP contribution in [-0.2, 0) is 58.8 Å². The van der Waals surface area contributed by atoms with Crippen molar-refractivity contribution in [2.24, 2.45) is 0 Å². The second kappa shape index (κ2) is 21.3. The Labute approximate surface area is 478 Å². The maximum absolute atomic E-state index is 13.5. The molecule has 4 heterocycles. The number of esters is 8. The first kappa shape index (κ1) is 55.2. The number of fused-ring (bicyclic) bond motifs is 16. The van der Waals surface area contributed by atoms with E-state index in [2.05, 4.69) is 4.74 Å². The highest BCUT2D eigenvalue weighted by Crippen LogP contribution is 2.60. The van der Waals surface area contributed by atoms with Gasteiger partial charge in [-0.15, -0.1) is 0 Å². The van der Waals surface area contributed by atoms with Crippen molar-refractivity contribution in [2.45, 2.75) is 38.9 Å². The first-order valence-corrected chi connectivity index (χ1v) is 26.0. The van der Waals surface area contributed by atoms with Gasteiger partial charge in [-0.05, 0) is 114 Å². The van der Waals surface area contributed by atoms with Crippen LogP contribution in [-0.4, -0.2) is 89.5 Å². The molecule has 0 amide bonds. The van der Waals surface area contributed by atoms with Crippen molar-refractivity contribution in [2.75, 3.05) is 51.6 Å². The minimum absolute atomic E-state index is 0.0990. The van der Waals surface area contributed by atoms with Gasteiger partial charge in [-0.3, -0.25) is 19.2 Å².